The molecule has 1 aliphatic carbocycles. The molecule has 1 fully saturated rings. The molecule has 0 heterocycles. The summed E-state index contributed by atoms with van der Waals surface area (Å²) < 4.78 is 0. The summed E-state index contributed by atoms with van der Waals surface area (Å²) in [5.74, 6) is 0.0400. The Bertz CT molecular complexity index is 388. The average Bonchev–Trinajstić information content (AvgIpc) is 2.47. The number of carbonyl (C=O) groups is 1. The zero-order valence-electron chi connectivity index (χ0n) is 11.4. The lowest BCUT2D eigenvalue weighted by atomic mass is 9.95. The van der Waals surface area contributed by atoms with E-state index < -0.39 is 0 Å². The predicted molar refractivity (Wildman–Crippen MR) is 82.6 cm³/mol. The number of amides is 1. The van der Waals surface area contributed by atoms with Crippen LogP contribution in [0.5, 0.6) is 0 Å². The third kappa shape index (κ3) is 4.88. The summed E-state index contributed by atoms with van der Waals surface area (Å²) in [4.78, 5) is 11.8. The van der Waals surface area contributed by atoms with Crippen molar-refractivity contribution < 1.29 is 4.79 Å². The third-order valence-corrected chi connectivity index (χ3v) is 4.75. The minimum atomic E-state index is 0.0400. The Morgan fingerprint density at radius 1 is 1.21 bits per heavy atom. The maximum absolute atomic E-state index is 11.8. The van der Waals surface area contributed by atoms with Crippen LogP contribution in [0.3, 0.4) is 0 Å². The normalized spacial score (nSPS) is 23.0. The van der Waals surface area contributed by atoms with E-state index in [2.05, 4.69) is 16.9 Å². The molecule has 2 rings (SSSR count). The van der Waals surface area contributed by atoms with Gasteiger partial charge in [-0.1, -0.05) is 18.2 Å². The topological polar surface area (TPSA) is 41.1 Å². The Hall–Kier alpha value is -1.00. The molecule has 104 valence electrons. The first kappa shape index (κ1) is 14.4. The van der Waals surface area contributed by atoms with Crippen LogP contribution in [0.25, 0.3) is 0 Å². The van der Waals surface area contributed by atoms with E-state index in [1.165, 1.54) is 25.7 Å². The summed E-state index contributed by atoms with van der Waals surface area (Å²) in [6, 6.07) is 10.1. The van der Waals surface area contributed by atoms with Gasteiger partial charge in [0.1, 0.15) is 0 Å². The van der Waals surface area contributed by atoms with Crippen LogP contribution in [0.4, 0.5) is 5.69 Å². The lowest BCUT2D eigenvalue weighted by molar-refractivity contribution is -0.115. The Balaban J connectivity index is 1.67. The largest absolute Gasteiger partial charge is 0.325 e. The number of rotatable bonds is 5. The molecule has 0 aromatic heterocycles. The van der Waals surface area contributed by atoms with Crippen LogP contribution in [0, 0.1) is 0 Å². The van der Waals surface area contributed by atoms with E-state index >= 15 is 0 Å². The van der Waals surface area contributed by atoms with Crippen molar-refractivity contribution in [3.8, 4) is 0 Å². The first-order valence-electron chi connectivity index (χ1n) is 6.89. The molecular weight excluding hydrogens is 256 g/mol. The Kier molecular flexibility index (Phi) is 5.73. The molecule has 19 heavy (non-hydrogen) atoms. The lowest BCUT2D eigenvalue weighted by Crippen LogP contribution is -2.38. The van der Waals surface area contributed by atoms with E-state index in [1.807, 2.05) is 42.1 Å². The minimum Gasteiger partial charge on any atom is -0.325 e. The van der Waals surface area contributed by atoms with E-state index in [4.69, 9.17) is 0 Å². The van der Waals surface area contributed by atoms with Crippen LogP contribution in [0.15, 0.2) is 30.3 Å². The monoisotopic (exact) mass is 278 g/mol. The summed E-state index contributed by atoms with van der Waals surface area (Å²) >= 11 is 1.97. The first-order chi connectivity index (χ1) is 9.28. The first-order valence-corrected chi connectivity index (χ1v) is 8.18. The van der Waals surface area contributed by atoms with E-state index in [-0.39, 0.29) is 5.91 Å². The quantitative estimate of drug-likeness (QED) is 0.870. The number of thioether (sulfide) groups is 1. The van der Waals surface area contributed by atoms with Crippen molar-refractivity contribution in [3.63, 3.8) is 0 Å². The molecule has 1 aromatic carbocycles. The SMILES string of the molecule is CSC1CCC(NCC(=O)Nc2ccccc2)CC1. The van der Waals surface area contributed by atoms with Crippen LogP contribution in [-0.2, 0) is 4.79 Å². The number of hydrogen-bond donors (Lipinski definition) is 2. The summed E-state index contributed by atoms with van der Waals surface area (Å²) in [6.45, 7) is 0.406. The molecule has 1 amide bonds. The molecule has 1 aromatic rings. The minimum absolute atomic E-state index is 0.0400. The Morgan fingerprint density at radius 2 is 1.89 bits per heavy atom. The fourth-order valence-corrected chi connectivity index (χ4v) is 3.21. The van der Waals surface area contributed by atoms with Crippen molar-refractivity contribution in [2.45, 2.75) is 37.0 Å². The van der Waals surface area contributed by atoms with Gasteiger partial charge in [-0.2, -0.15) is 11.8 Å². The summed E-state index contributed by atoms with van der Waals surface area (Å²) in [6.07, 6.45) is 7.08. The number of anilines is 1. The van der Waals surface area contributed by atoms with Gasteiger partial charge in [0.2, 0.25) is 5.91 Å². The molecule has 0 radical (unpaired) electrons. The number of hydrogen-bond acceptors (Lipinski definition) is 3. The molecule has 0 saturated heterocycles. The molecule has 0 unspecified atom stereocenters. The van der Waals surface area contributed by atoms with E-state index in [0.29, 0.717) is 12.6 Å². The molecule has 0 aliphatic heterocycles. The maximum Gasteiger partial charge on any atom is 0.238 e. The second kappa shape index (κ2) is 7.56. The van der Waals surface area contributed by atoms with Gasteiger partial charge < -0.3 is 10.6 Å². The predicted octanol–water partition coefficient (Wildman–Crippen LogP) is 2.89. The zero-order valence-corrected chi connectivity index (χ0v) is 12.2. The maximum atomic E-state index is 11.8. The van der Waals surface area contributed by atoms with Crippen molar-refractivity contribution in [2.75, 3.05) is 18.1 Å². The highest BCUT2D eigenvalue weighted by molar-refractivity contribution is 7.99. The lowest BCUT2D eigenvalue weighted by Gasteiger charge is -2.27. The van der Waals surface area contributed by atoms with Gasteiger partial charge in [0.05, 0.1) is 6.54 Å². The van der Waals surface area contributed by atoms with Crippen molar-refractivity contribution >= 4 is 23.4 Å². The van der Waals surface area contributed by atoms with Crippen molar-refractivity contribution in [1.82, 2.24) is 5.32 Å². The second-order valence-electron chi connectivity index (χ2n) is 5.00. The third-order valence-electron chi connectivity index (χ3n) is 3.62. The van der Waals surface area contributed by atoms with E-state index in [0.717, 1.165) is 10.9 Å². The molecule has 2 N–H and O–H groups in total. The Labute approximate surface area is 119 Å². The number of para-hydroxylation sites is 1. The van der Waals surface area contributed by atoms with Crippen LogP contribution >= 0.6 is 11.8 Å². The van der Waals surface area contributed by atoms with Gasteiger partial charge in [0.25, 0.3) is 0 Å². The highest BCUT2D eigenvalue weighted by Gasteiger charge is 2.20. The van der Waals surface area contributed by atoms with E-state index in [1.54, 1.807) is 0 Å². The molecular formula is C15H22N2OS. The number of nitrogens with one attached hydrogen (secondary N) is 2. The fraction of sp³-hybridized carbons (Fsp3) is 0.533. The molecule has 0 bridgehead atoms. The summed E-state index contributed by atoms with van der Waals surface area (Å²) in [5, 5.41) is 7.08. The smallest absolute Gasteiger partial charge is 0.238 e. The van der Waals surface area contributed by atoms with Gasteiger partial charge in [0.15, 0.2) is 0 Å². The Morgan fingerprint density at radius 3 is 2.53 bits per heavy atom. The van der Waals surface area contributed by atoms with Gasteiger partial charge in [-0.05, 0) is 44.1 Å². The standard InChI is InChI=1S/C15H22N2OS/c1-19-14-9-7-12(8-10-14)16-11-15(18)17-13-5-3-2-4-6-13/h2-6,12,14,16H,7-11H2,1H3,(H,17,18). The van der Waals surface area contributed by atoms with Crippen LogP contribution in [0.2, 0.25) is 0 Å². The van der Waals surface area contributed by atoms with Gasteiger partial charge in [0, 0.05) is 17.0 Å². The van der Waals surface area contributed by atoms with Crippen molar-refractivity contribution in [1.29, 1.82) is 0 Å². The molecule has 0 spiro atoms. The number of carbonyl (C=O) groups excluding carboxylic acids is 1. The van der Waals surface area contributed by atoms with Crippen LogP contribution in [-0.4, -0.2) is 30.0 Å². The van der Waals surface area contributed by atoms with Gasteiger partial charge in [-0.3, -0.25) is 4.79 Å². The van der Waals surface area contributed by atoms with Gasteiger partial charge in [-0.25, -0.2) is 0 Å². The molecule has 0 atom stereocenters. The van der Waals surface area contributed by atoms with Gasteiger partial charge in [-0.15, -0.1) is 0 Å². The highest BCUT2D eigenvalue weighted by Crippen LogP contribution is 2.26. The zero-order chi connectivity index (χ0) is 13.5. The van der Waals surface area contributed by atoms with Crippen molar-refractivity contribution in [3.05, 3.63) is 30.3 Å². The molecule has 3 nitrogen and oxygen atoms in total. The second-order valence-corrected chi connectivity index (χ2v) is 6.14. The highest BCUT2D eigenvalue weighted by atomic mass is 32.2. The van der Waals surface area contributed by atoms with Crippen molar-refractivity contribution in [2.24, 2.45) is 0 Å². The van der Waals surface area contributed by atoms with E-state index in [9.17, 15) is 4.79 Å². The van der Waals surface area contributed by atoms with Crippen LogP contribution in [0.1, 0.15) is 25.7 Å². The summed E-state index contributed by atoms with van der Waals surface area (Å²) in [7, 11) is 0. The number of benzene rings is 1. The molecule has 4 heteroatoms. The summed E-state index contributed by atoms with van der Waals surface area (Å²) in [5.41, 5.74) is 0.861. The van der Waals surface area contributed by atoms with Crippen LogP contribution < -0.4 is 10.6 Å². The van der Waals surface area contributed by atoms with Gasteiger partial charge >= 0.3 is 0 Å². The molecule has 1 aliphatic rings. The molecule has 1 saturated carbocycles. The average molecular weight is 278 g/mol. The fourth-order valence-electron chi connectivity index (χ4n) is 2.47.